The number of aryl methyl sites for hydroxylation is 1. The molecule has 21 heavy (non-hydrogen) atoms. The van der Waals surface area contributed by atoms with Gasteiger partial charge in [0, 0.05) is 26.8 Å². The highest BCUT2D eigenvalue weighted by Gasteiger charge is 2.30. The minimum Gasteiger partial charge on any atom is -0.398 e. The number of hydrogen-bond donors (Lipinski definition) is 1. The third kappa shape index (κ3) is 4.41. The number of hydrogen-bond acceptors (Lipinski definition) is 5. The molecule has 0 amide bonds. The van der Waals surface area contributed by atoms with Crippen LogP contribution >= 0.6 is 0 Å². The van der Waals surface area contributed by atoms with E-state index in [0.717, 1.165) is 5.56 Å². The van der Waals surface area contributed by atoms with Crippen molar-refractivity contribution in [2.24, 2.45) is 0 Å². The number of methoxy groups -OCH3 is 2. The molecule has 0 aromatic heterocycles. The average molecular weight is 316 g/mol. The number of benzene rings is 1. The zero-order valence-corrected chi connectivity index (χ0v) is 13.8. The van der Waals surface area contributed by atoms with Crippen molar-refractivity contribution in [1.29, 1.82) is 0 Å². The summed E-state index contributed by atoms with van der Waals surface area (Å²) in [5, 5.41) is 0. The van der Waals surface area contributed by atoms with Gasteiger partial charge < -0.3 is 15.2 Å². The minimum absolute atomic E-state index is 0.118. The molecule has 7 heteroatoms. The number of nitrogens with zero attached hydrogens (tertiary/aromatic N) is 1. The van der Waals surface area contributed by atoms with E-state index in [1.807, 2.05) is 6.92 Å². The van der Waals surface area contributed by atoms with Gasteiger partial charge in [0.15, 0.2) is 0 Å². The number of ether oxygens (including phenoxy) is 2. The molecule has 0 fully saturated rings. The molecule has 1 aromatic carbocycles. The molecule has 0 aliphatic carbocycles. The Morgan fingerprint density at radius 3 is 2.48 bits per heavy atom. The van der Waals surface area contributed by atoms with Gasteiger partial charge in [-0.15, -0.1) is 0 Å². The molecule has 0 heterocycles. The fourth-order valence-electron chi connectivity index (χ4n) is 2.11. The van der Waals surface area contributed by atoms with Crippen molar-refractivity contribution in [1.82, 2.24) is 4.31 Å². The second-order valence-electron chi connectivity index (χ2n) is 4.95. The second kappa shape index (κ2) is 7.74. The van der Waals surface area contributed by atoms with Crippen LogP contribution in [0.3, 0.4) is 0 Å². The van der Waals surface area contributed by atoms with Crippen LogP contribution in [0.15, 0.2) is 23.1 Å². The van der Waals surface area contributed by atoms with Crippen molar-refractivity contribution in [2.45, 2.75) is 24.8 Å². The Morgan fingerprint density at radius 1 is 1.29 bits per heavy atom. The quantitative estimate of drug-likeness (QED) is 0.730. The van der Waals surface area contributed by atoms with Crippen LogP contribution in [-0.4, -0.2) is 52.7 Å². The van der Waals surface area contributed by atoms with E-state index in [4.69, 9.17) is 15.2 Å². The van der Waals surface area contributed by atoms with Crippen LogP contribution in [0.1, 0.15) is 12.5 Å². The van der Waals surface area contributed by atoms with Crippen LogP contribution in [-0.2, 0) is 19.5 Å². The summed E-state index contributed by atoms with van der Waals surface area (Å²) in [7, 11) is -0.621. The molecule has 0 bridgehead atoms. The lowest BCUT2D eigenvalue weighted by Gasteiger charge is -2.28. The lowest BCUT2D eigenvalue weighted by molar-refractivity contribution is 0.119. The largest absolute Gasteiger partial charge is 0.398 e. The van der Waals surface area contributed by atoms with Crippen molar-refractivity contribution >= 4 is 15.7 Å². The van der Waals surface area contributed by atoms with E-state index in [1.54, 1.807) is 25.1 Å². The Kier molecular flexibility index (Phi) is 6.60. The summed E-state index contributed by atoms with van der Waals surface area (Å²) >= 11 is 0. The molecule has 0 saturated heterocycles. The zero-order chi connectivity index (χ0) is 16.0. The molecule has 6 nitrogen and oxygen atoms in total. The van der Waals surface area contributed by atoms with Gasteiger partial charge >= 0.3 is 0 Å². The SMILES string of the molecule is COCCN(C(C)COC)S(=O)(=O)c1ccc(C)cc1N. The predicted octanol–water partition coefficient (Wildman–Crippen LogP) is 1.25. The van der Waals surface area contributed by atoms with Crippen LogP contribution in [0.4, 0.5) is 5.69 Å². The lowest BCUT2D eigenvalue weighted by atomic mass is 10.2. The number of rotatable bonds is 8. The molecular formula is C14H24N2O4S. The van der Waals surface area contributed by atoms with E-state index in [1.165, 1.54) is 18.5 Å². The summed E-state index contributed by atoms with van der Waals surface area (Å²) in [6.45, 7) is 4.51. The number of nitrogen functional groups attached to an aromatic ring is 1. The fraction of sp³-hybridized carbons (Fsp3) is 0.571. The Labute approximate surface area is 126 Å². The average Bonchev–Trinajstić information content (AvgIpc) is 2.38. The molecule has 0 saturated carbocycles. The van der Waals surface area contributed by atoms with Gasteiger partial charge in [0.2, 0.25) is 10.0 Å². The van der Waals surface area contributed by atoms with Gasteiger partial charge in [-0.3, -0.25) is 0 Å². The van der Waals surface area contributed by atoms with Crippen molar-refractivity contribution in [2.75, 3.05) is 39.7 Å². The Bertz CT molecular complexity index is 560. The maximum absolute atomic E-state index is 12.8. The van der Waals surface area contributed by atoms with Crippen molar-refractivity contribution in [3.63, 3.8) is 0 Å². The monoisotopic (exact) mass is 316 g/mol. The van der Waals surface area contributed by atoms with Gasteiger partial charge in [-0.1, -0.05) is 6.07 Å². The number of nitrogens with two attached hydrogens (primary N) is 1. The van der Waals surface area contributed by atoms with Gasteiger partial charge in [-0.2, -0.15) is 4.31 Å². The van der Waals surface area contributed by atoms with E-state index >= 15 is 0 Å². The lowest BCUT2D eigenvalue weighted by Crippen LogP contribution is -2.43. The maximum atomic E-state index is 12.8. The van der Waals surface area contributed by atoms with Gasteiger partial charge in [0.25, 0.3) is 0 Å². The second-order valence-corrected chi connectivity index (χ2v) is 6.81. The topological polar surface area (TPSA) is 81.9 Å². The van der Waals surface area contributed by atoms with E-state index in [2.05, 4.69) is 0 Å². The minimum atomic E-state index is -3.69. The van der Waals surface area contributed by atoms with Gasteiger partial charge in [-0.05, 0) is 31.5 Å². The molecule has 0 radical (unpaired) electrons. The van der Waals surface area contributed by atoms with Crippen LogP contribution in [0.25, 0.3) is 0 Å². The van der Waals surface area contributed by atoms with E-state index in [-0.39, 0.29) is 23.2 Å². The molecule has 0 aliphatic heterocycles. The number of sulfonamides is 1. The van der Waals surface area contributed by atoms with Crippen molar-refractivity contribution < 1.29 is 17.9 Å². The fourth-order valence-corrected chi connectivity index (χ4v) is 3.81. The molecule has 0 spiro atoms. The first kappa shape index (κ1) is 17.9. The summed E-state index contributed by atoms with van der Waals surface area (Å²) in [6.07, 6.45) is 0. The smallest absolute Gasteiger partial charge is 0.245 e. The van der Waals surface area contributed by atoms with Crippen LogP contribution in [0.5, 0.6) is 0 Å². The first-order chi connectivity index (χ1) is 9.84. The summed E-state index contributed by atoms with van der Waals surface area (Å²) in [4.78, 5) is 0.118. The highest BCUT2D eigenvalue weighted by atomic mass is 32.2. The Hall–Kier alpha value is -1.15. The molecule has 1 unspecified atom stereocenters. The van der Waals surface area contributed by atoms with E-state index in [9.17, 15) is 8.42 Å². The Morgan fingerprint density at radius 2 is 1.95 bits per heavy atom. The molecule has 0 aliphatic rings. The number of anilines is 1. The highest BCUT2D eigenvalue weighted by Crippen LogP contribution is 2.24. The first-order valence-corrected chi connectivity index (χ1v) is 8.14. The maximum Gasteiger partial charge on any atom is 0.245 e. The molecule has 1 rings (SSSR count). The molecule has 1 atom stereocenters. The summed E-state index contributed by atoms with van der Waals surface area (Å²) in [5.74, 6) is 0. The van der Waals surface area contributed by atoms with E-state index in [0.29, 0.717) is 13.2 Å². The molecular weight excluding hydrogens is 292 g/mol. The predicted molar refractivity (Wildman–Crippen MR) is 82.7 cm³/mol. The van der Waals surface area contributed by atoms with Gasteiger partial charge in [-0.25, -0.2) is 8.42 Å². The molecule has 120 valence electrons. The normalized spacial score (nSPS) is 13.6. The van der Waals surface area contributed by atoms with Crippen LogP contribution in [0, 0.1) is 6.92 Å². The zero-order valence-electron chi connectivity index (χ0n) is 13.0. The van der Waals surface area contributed by atoms with Crippen LogP contribution < -0.4 is 5.73 Å². The van der Waals surface area contributed by atoms with Gasteiger partial charge in [0.1, 0.15) is 4.90 Å². The molecule has 2 N–H and O–H groups in total. The third-order valence-corrected chi connectivity index (χ3v) is 5.25. The van der Waals surface area contributed by atoms with Crippen molar-refractivity contribution in [3.05, 3.63) is 23.8 Å². The summed E-state index contributed by atoms with van der Waals surface area (Å²) in [5.41, 5.74) is 7.05. The standard InChI is InChI=1S/C14H24N2O4S/c1-11-5-6-14(13(15)9-11)21(17,18)16(7-8-19-3)12(2)10-20-4/h5-6,9,12H,7-8,10,15H2,1-4H3. The summed E-state index contributed by atoms with van der Waals surface area (Å²) < 4.78 is 37.1. The highest BCUT2D eigenvalue weighted by molar-refractivity contribution is 7.89. The Balaban J connectivity index is 3.19. The van der Waals surface area contributed by atoms with Gasteiger partial charge in [0.05, 0.1) is 18.9 Å². The van der Waals surface area contributed by atoms with Crippen LogP contribution in [0.2, 0.25) is 0 Å². The van der Waals surface area contributed by atoms with E-state index < -0.39 is 10.0 Å². The van der Waals surface area contributed by atoms with Crippen molar-refractivity contribution in [3.8, 4) is 0 Å². The first-order valence-electron chi connectivity index (χ1n) is 6.70. The summed E-state index contributed by atoms with van der Waals surface area (Å²) in [6, 6.07) is 4.62. The third-order valence-electron chi connectivity index (χ3n) is 3.17. The molecule has 1 aromatic rings.